The number of nitrogens with zero attached hydrogens (tertiary/aromatic N) is 2. The van der Waals surface area contributed by atoms with Crippen LogP contribution >= 0.6 is 15.9 Å². The van der Waals surface area contributed by atoms with Crippen molar-refractivity contribution in [2.45, 2.75) is 39.4 Å². The van der Waals surface area contributed by atoms with Crippen LogP contribution in [0.25, 0.3) is 0 Å². The molecule has 0 saturated carbocycles. The lowest BCUT2D eigenvalue weighted by Gasteiger charge is -2.29. The minimum Gasteiger partial charge on any atom is -0.272 e. The molecule has 0 fully saturated rings. The Morgan fingerprint density at radius 2 is 1.88 bits per heavy atom. The van der Waals surface area contributed by atoms with E-state index in [1.807, 2.05) is 13.8 Å². The number of hydrogen-bond acceptors (Lipinski definition) is 1. The van der Waals surface area contributed by atoms with Crippen molar-refractivity contribution in [2.75, 3.05) is 5.33 Å². The molecule has 2 nitrogen and oxygen atoms in total. The molecule has 0 aromatic carbocycles. The summed E-state index contributed by atoms with van der Waals surface area (Å²) in [7, 11) is 0. The first-order valence-electron chi connectivity index (χ1n) is 5.52. The van der Waals surface area contributed by atoms with Crippen LogP contribution in [0.3, 0.4) is 0 Å². The van der Waals surface area contributed by atoms with Crippen molar-refractivity contribution >= 4 is 15.9 Å². The highest BCUT2D eigenvalue weighted by Crippen LogP contribution is 2.32. The zero-order valence-electron chi connectivity index (χ0n) is 9.89. The molecule has 6 heteroatoms. The Balaban J connectivity index is 2.85. The lowest BCUT2D eigenvalue weighted by molar-refractivity contribution is -0.137. The highest BCUT2D eigenvalue weighted by molar-refractivity contribution is 9.09. The van der Waals surface area contributed by atoms with Crippen LogP contribution in [0.4, 0.5) is 13.2 Å². The summed E-state index contributed by atoms with van der Waals surface area (Å²) in [4.78, 5) is 0. The van der Waals surface area contributed by atoms with Crippen molar-refractivity contribution in [3.05, 3.63) is 18.0 Å². The van der Waals surface area contributed by atoms with Gasteiger partial charge in [-0.05, 0) is 18.3 Å². The fourth-order valence-electron chi connectivity index (χ4n) is 1.64. The Bertz CT molecular complexity index is 348. The molecular formula is C11H16BrF3N2. The summed E-state index contributed by atoms with van der Waals surface area (Å²) >= 11 is 3.43. The van der Waals surface area contributed by atoms with Crippen LogP contribution in [0.2, 0.25) is 0 Å². The molecule has 0 saturated heterocycles. The molecule has 0 bridgehead atoms. The minimum absolute atomic E-state index is 0.0328. The van der Waals surface area contributed by atoms with Crippen LogP contribution in [0.15, 0.2) is 12.4 Å². The third-order valence-corrected chi connectivity index (χ3v) is 4.43. The van der Waals surface area contributed by atoms with Crippen molar-refractivity contribution < 1.29 is 13.2 Å². The molecule has 0 amide bonds. The van der Waals surface area contributed by atoms with Gasteiger partial charge in [-0.25, -0.2) is 0 Å². The van der Waals surface area contributed by atoms with Crippen molar-refractivity contribution in [2.24, 2.45) is 5.41 Å². The van der Waals surface area contributed by atoms with Crippen LogP contribution in [0.5, 0.6) is 0 Å². The molecule has 1 heterocycles. The summed E-state index contributed by atoms with van der Waals surface area (Å²) in [6.45, 7) is 4.58. The lowest BCUT2D eigenvalue weighted by atomic mass is 9.85. The number of halogens is 4. The van der Waals surface area contributed by atoms with E-state index in [0.717, 1.165) is 30.6 Å². The second-order valence-corrected chi connectivity index (χ2v) is 4.83. The van der Waals surface area contributed by atoms with E-state index in [2.05, 4.69) is 21.0 Å². The monoisotopic (exact) mass is 312 g/mol. The summed E-state index contributed by atoms with van der Waals surface area (Å²) in [6, 6.07) is 0. The molecule has 0 aliphatic carbocycles. The normalized spacial score (nSPS) is 13.1. The van der Waals surface area contributed by atoms with Gasteiger partial charge in [0.2, 0.25) is 0 Å². The van der Waals surface area contributed by atoms with Crippen LogP contribution in [-0.2, 0) is 12.7 Å². The lowest BCUT2D eigenvalue weighted by Crippen LogP contribution is -2.27. The van der Waals surface area contributed by atoms with Gasteiger partial charge in [0, 0.05) is 18.1 Å². The molecule has 0 aliphatic heterocycles. The number of aromatic nitrogens is 2. The van der Waals surface area contributed by atoms with E-state index in [0.29, 0.717) is 6.54 Å². The molecule has 0 aliphatic rings. The van der Waals surface area contributed by atoms with E-state index < -0.39 is 11.7 Å². The second-order valence-electron chi connectivity index (χ2n) is 4.27. The Kier molecular flexibility index (Phi) is 4.63. The molecule has 1 rings (SSSR count). The van der Waals surface area contributed by atoms with Gasteiger partial charge >= 0.3 is 6.18 Å². The van der Waals surface area contributed by atoms with Gasteiger partial charge in [-0.15, -0.1) is 0 Å². The third kappa shape index (κ3) is 3.47. The maximum atomic E-state index is 12.4. The maximum absolute atomic E-state index is 12.4. The van der Waals surface area contributed by atoms with Crippen molar-refractivity contribution in [1.82, 2.24) is 9.78 Å². The summed E-state index contributed by atoms with van der Waals surface area (Å²) < 4.78 is 38.6. The fourth-order valence-corrected chi connectivity index (χ4v) is 2.62. The van der Waals surface area contributed by atoms with Gasteiger partial charge in [0.05, 0.1) is 11.8 Å². The third-order valence-electron chi connectivity index (χ3n) is 3.24. The Hall–Kier alpha value is -0.520. The number of alkyl halides is 4. The van der Waals surface area contributed by atoms with Crippen LogP contribution in [0, 0.1) is 5.41 Å². The van der Waals surface area contributed by atoms with Crippen molar-refractivity contribution in [1.29, 1.82) is 0 Å². The zero-order valence-corrected chi connectivity index (χ0v) is 11.5. The number of rotatable bonds is 5. The molecule has 0 N–H and O–H groups in total. The first-order valence-corrected chi connectivity index (χ1v) is 6.64. The summed E-state index contributed by atoms with van der Waals surface area (Å²) in [5.74, 6) is 0. The summed E-state index contributed by atoms with van der Waals surface area (Å²) in [5.41, 5.74) is -0.720. The SMILES string of the molecule is CCC(CC)(CBr)Cn1cc(C(F)(F)F)cn1. The molecule has 1 aromatic heterocycles. The zero-order chi connectivity index (χ0) is 13.1. The molecule has 1 aromatic rings. The first-order chi connectivity index (χ1) is 7.87. The standard InChI is InChI=1S/C11H16BrF3N2/c1-3-10(4-2,7-12)8-17-6-9(5-16-17)11(13,14)15/h5-6H,3-4,7-8H2,1-2H3. The van der Waals surface area contributed by atoms with Crippen LogP contribution < -0.4 is 0 Å². The number of hydrogen-bond donors (Lipinski definition) is 0. The topological polar surface area (TPSA) is 17.8 Å². The largest absolute Gasteiger partial charge is 0.419 e. The van der Waals surface area contributed by atoms with E-state index in [-0.39, 0.29) is 5.41 Å². The van der Waals surface area contributed by atoms with E-state index in [1.165, 1.54) is 4.68 Å². The highest BCUT2D eigenvalue weighted by atomic mass is 79.9. The van der Waals surface area contributed by atoms with E-state index in [9.17, 15) is 13.2 Å². The smallest absolute Gasteiger partial charge is 0.272 e. The molecular weight excluding hydrogens is 297 g/mol. The van der Waals surface area contributed by atoms with Gasteiger partial charge < -0.3 is 0 Å². The van der Waals surface area contributed by atoms with Crippen molar-refractivity contribution in [3.63, 3.8) is 0 Å². The van der Waals surface area contributed by atoms with Crippen LogP contribution in [0.1, 0.15) is 32.3 Å². The second kappa shape index (κ2) is 5.42. The molecule has 0 unspecified atom stereocenters. The van der Waals surface area contributed by atoms with E-state index >= 15 is 0 Å². The maximum Gasteiger partial charge on any atom is 0.419 e. The molecule has 98 valence electrons. The summed E-state index contributed by atoms with van der Waals surface area (Å²) in [5, 5.41) is 4.55. The molecule has 17 heavy (non-hydrogen) atoms. The van der Waals surface area contributed by atoms with Gasteiger partial charge in [0.1, 0.15) is 0 Å². The quantitative estimate of drug-likeness (QED) is 0.748. The van der Waals surface area contributed by atoms with Crippen LogP contribution in [-0.4, -0.2) is 15.1 Å². The average molecular weight is 313 g/mol. The van der Waals surface area contributed by atoms with E-state index in [4.69, 9.17) is 0 Å². The molecule has 0 radical (unpaired) electrons. The van der Waals surface area contributed by atoms with E-state index in [1.54, 1.807) is 0 Å². The van der Waals surface area contributed by atoms with Gasteiger partial charge in [-0.1, -0.05) is 29.8 Å². The highest BCUT2D eigenvalue weighted by Gasteiger charge is 2.33. The summed E-state index contributed by atoms with van der Waals surface area (Å²) in [6.07, 6.45) is -0.563. The van der Waals surface area contributed by atoms with Crippen molar-refractivity contribution in [3.8, 4) is 0 Å². The molecule has 0 atom stereocenters. The minimum atomic E-state index is -4.31. The predicted octanol–water partition coefficient (Wildman–Crippen LogP) is 4.10. The molecule has 0 spiro atoms. The van der Waals surface area contributed by atoms with Gasteiger partial charge in [-0.3, -0.25) is 4.68 Å². The van der Waals surface area contributed by atoms with Gasteiger partial charge in [0.25, 0.3) is 0 Å². The van der Waals surface area contributed by atoms with Gasteiger partial charge in [-0.2, -0.15) is 18.3 Å². The Morgan fingerprint density at radius 3 is 2.24 bits per heavy atom. The Labute approximate surface area is 107 Å². The Morgan fingerprint density at radius 1 is 1.29 bits per heavy atom. The predicted molar refractivity (Wildman–Crippen MR) is 64.0 cm³/mol. The van der Waals surface area contributed by atoms with Gasteiger partial charge in [0.15, 0.2) is 0 Å². The first kappa shape index (κ1) is 14.5. The average Bonchev–Trinajstić information content (AvgIpc) is 2.74. The fraction of sp³-hybridized carbons (Fsp3) is 0.727.